The van der Waals surface area contributed by atoms with Gasteiger partial charge in [-0.25, -0.2) is 5.43 Å². The summed E-state index contributed by atoms with van der Waals surface area (Å²) in [5.41, 5.74) is 4.38. The Hall–Kier alpha value is -2.34. The molecule has 0 unspecified atom stereocenters. The number of halogens is 1. The van der Waals surface area contributed by atoms with Crippen LogP contribution >= 0.6 is 15.9 Å². The molecule has 0 bridgehead atoms. The minimum absolute atomic E-state index is 0.137. The summed E-state index contributed by atoms with van der Waals surface area (Å²) in [7, 11) is 3.15. The number of nitrogens with zero attached hydrogens (tertiary/aromatic N) is 1. The van der Waals surface area contributed by atoms with E-state index < -0.39 is 0 Å². The first-order chi connectivity index (χ1) is 11.6. The molecule has 0 fully saturated rings. The molecule has 0 heterocycles. The Morgan fingerprint density at radius 3 is 2.54 bits per heavy atom. The molecule has 0 atom stereocenters. The number of carbonyl (C=O) groups is 1. The topological polar surface area (TPSA) is 59.9 Å². The number of methoxy groups -OCH3 is 2. The fourth-order valence-corrected chi connectivity index (χ4v) is 2.64. The summed E-state index contributed by atoms with van der Waals surface area (Å²) >= 11 is 3.41. The molecule has 2 aromatic carbocycles. The Bertz CT molecular complexity index is 718. The van der Waals surface area contributed by atoms with Crippen molar-refractivity contribution in [3.05, 3.63) is 58.1 Å². The van der Waals surface area contributed by atoms with Crippen LogP contribution < -0.4 is 14.9 Å². The Morgan fingerprint density at radius 2 is 1.88 bits per heavy atom. The second kappa shape index (κ2) is 9.08. The number of ether oxygens (including phenoxy) is 2. The van der Waals surface area contributed by atoms with Crippen LogP contribution in [0.1, 0.15) is 17.5 Å². The van der Waals surface area contributed by atoms with Crippen molar-refractivity contribution in [2.24, 2.45) is 5.10 Å². The largest absolute Gasteiger partial charge is 0.496 e. The minimum Gasteiger partial charge on any atom is -0.496 e. The molecule has 0 spiro atoms. The van der Waals surface area contributed by atoms with Crippen LogP contribution in [0.25, 0.3) is 0 Å². The Morgan fingerprint density at radius 1 is 1.17 bits per heavy atom. The van der Waals surface area contributed by atoms with Crippen molar-refractivity contribution in [1.29, 1.82) is 0 Å². The lowest BCUT2D eigenvalue weighted by Crippen LogP contribution is -2.17. The van der Waals surface area contributed by atoms with E-state index in [4.69, 9.17) is 9.47 Å². The summed E-state index contributed by atoms with van der Waals surface area (Å²) in [5, 5.41) is 3.99. The van der Waals surface area contributed by atoms with Crippen LogP contribution in [0.15, 0.2) is 52.0 Å². The highest BCUT2D eigenvalue weighted by Gasteiger charge is 2.08. The van der Waals surface area contributed by atoms with Gasteiger partial charge in [0.1, 0.15) is 11.5 Å². The van der Waals surface area contributed by atoms with Gasteiger partial charge in [-0.1, -0.05) is 30.3 Å². The van der Waals surface area contributed by atoms with E-state index in [0.717, 1.165) is 15.6 Å². The first-order valence-electron chi connectivity index (χ1n) is 7.41. The van der Waals surface area contributed by atoms with Gasteiger partial charge in [0.2, 0.25) is 5.91 Å². The molecule has 0 aliphatic heterocycles. The molecule has 0 aliphatic carbocycles. The monoisotopic (exact) mass is 390 g/mol. The van der Waals surface area contributed by atoms with Crippen LogP contribution in [0, 0.1) is 0 Å². The Kier molecular flexibility index (Phi) is 6.81. The molecule has 1 amide bonds. The first-order valence-corrected chi connectivity index (χ1v) is 8.20. The maximum atomic E-state index is 11.8. The van der Waals surface area contributed by atoms with E-state index in [0.29, 0.717) is 24.3 Å². The maximum Gasteiger partial charge on any atom is 0.240 e. The van der Waals surface area contributed by atoms with E-state index in [2.05, 4.69) is 26.5 Å². The second-order valence-electron chi connectivity index (χ2n) is 5.01. The van der Waals surface area contributed by atoms with Gasteiger partial charge in [-0.15, -0.1) is 0 Å². The number of benzene rings is 2. The average Bonchev–Trinajstić information content (AvgIpc) is 2.61. The molecule has 0 aromatic heterocycles. The molecule has 0 saturated carbocycles. The van der Waals surface area contributed by atoms with Crippen LogP contribution in [-0.2, 0) is 11.2 Å². The van der Waals surface area contributed by atoms with Crippen molar-refractivity contribution in [3.63, 3.8) is 0 Å². The van der Waals surface area contributed by atoms with Gasteiger partial charge in [-0.05, 0) is 34.0 Å². The SMILES string of the molecule is COc1cc(OC)c(/C=N\NC(=O)CCc2ccccc2)cc1Br. The molecule has 2 aromatic rings. The van der Waals surface area contributed by atoms with Crippen molar-refractivity contribution in [3.8, 4) is 11.5 Å². The number of carbonyl (C=O) groups excluding carboxylic acids is 1. The summed E-state index contributed by atoms with van der Waals surface area (Å²) in [6, 6.07) is 13.4. The lowest BCUT2D eigenvalue weighted by Gasteiger charge is -2.09. The van der Waals surface area contributed by atoms with Crippen LogP contribution in [0.2, 0.25) is 0 Å². The number of hydrogen-bond donors (Lipinski definition) is 1. The van der Waals surface area contributed by atoms with Gasteiger partial charge >= 0.3 is 0 Å². The summed E-state index contributed by atoms with van der Waals surface area (Å²) in [5.74, 6) is 1.13. The van der Waals surface area contributed by atoms with Crippen molar-refractivity contribution < 1.29 is 14.3 Å². The predicted molar refractivity (Wildman–Crippen MR) is 97.7 cm³/mol. The molecule has 1 N–H and O–H groups in total. The van der Waals surface area contributed by atoms with E-state index >= 15 is 0 Å². The molecule has 6 heteroatoms. The molecular formula is C18H19BrN2O3. The minimum atomic E-state index is -0.137. The Balaban J connectivity index is 1.93. The molecule has 126 valence electrons. The number of amides is 1. The van der Waals surface area contributed by atoms with Crippen LogP contribution in [0.5, 0.6) is 11.5 Å². The molecule has 0 radical (unpaired) electrons. The third-order valence-electron chi connectivity index (χ3n) is 3.38. The fraction of sp³-hybridized carbons (Fsp3) is 0.222. The number of rotatable bonds is 7. The first kappa shape index (κ1) is 18.0. The molecule has 24 heavy (non-hydrogen) atoms. The highest BCUT2D eigenvalue weighted by Crippen LogP contribution is 2.31. The summed E-state index contributed by atoms with van der Waals surface area (Å²) in [6.07, 6.45) is 2.61. The lowest BCUT2D eigenvalue weighted by molar-refractivity contribution is -0.121. The van der Waals surface area contributed by atoms with Crippen molar-refractivity contribution in [1.82, 2.24) is 5.43 Å². The molecule has 0 saturated heterocycles. The quantitative estimate of drug-likeness (QED) is 0.580. The average molecular weight is 391 g/mol. The van der Waals surface area contributed by atoms with Gasteiger partial charge in [0.25, 0.3) is 0 Å². The summed E-state index contributed by atoms with van der Waals surface area (Å²) in [4.78, 5) is 11.8. The fourth-order valence-electron chi connectivity index (χ4n) is 2.12. The zero-order chi connectivity index (χ0) is 17.4. The molecule has 0 aliphatic rings. The standard InChI is InChI=1S/C18H19BrN2O3/c1-23-16-11-17(24-2)15(19)10-14(16)12-20-21-18(22)9-8-13-6-4-3-5-7-13/h3-7,10-12H,8-9H2,1-2H3,(H,21,22)/b20-12-. The number of hydrogen-bond acceptors (Lipinski definition) is 4. The number of aryl methyl sites for hydroxylation is 1. The van der Waals surface area contributed by atoms with Gasteiger partial charge in [0, 0.05) is 18.1 Å². The van der Waals surface area contributed by atoms with Crippen LogP contribution in [0.4, 0.5) is 0 Å². The van der Waals surface area contributed by atoms with Crippen molar-refractivity contribution in [2.75, 3.05) is 14.2 Å². The van der Waals surface area contributed by atoms with E-state index in [1.165, 1.54) is 0 Å². The van der Waals surface area contributed by atoms with Crippen molar-refractivity contribution >= 4 is 28.1 Å². The maximum absolute atomic E-state index is 11.8. The third-order valence-corrected chi connectivity index (χ3v) is 4.00. The van der Waals surface area contributed by atoms with Gasteiger partial charge in [-0.2, -0.15) is 5.10 Å². The molecule has 5 nitrogen and oxygen atoms in total. The highest BCUT2D eigenvalue weighted by molar-refractivity contribution is 9.10. The van der Waals surface area contributed by atoms with Crippen LogP contribution in [0.3, 0.4) is 0 Å². The van der Waals surface area contributed by atoms with Gasteiger partial charge < -0.3 is 9.47 Å². The van der Waals surface area contributed by atoms with E-state index in [1.807, 2.05) is 36.4 Å². The van der Waals surface area contributed by atoms with E-state index in [9.17, 15) is 4.79 Å². The normalized spacial score (nSPS) is 10.6. The predicted octanol–water partition coefficient (Wildman–Crippen LogP) is 3.55. The second-order valence-corrected chi connectivity index (χ2v) is 5.86. The number of hydrazone groups is 1. The van der Waals surface area contributed by atoms with Gasteiger partial charge in [-0.3, -0.25) is 4.79 Å². The van der Waals surface area contributed by atoms with Gasteiger partial charge in [0.15, 0.2) is 0 Å². The van der Waals surface area contributed by atoms with E-state index in [1.54, 1.807) is 26.5 Å². The Labute approximate surface area is 149 Å². The lowest BCUT2D eigenvalue weighted by atomic mass is 10.1. The number of nitrogens with one attached hydrogen (secondary N) is 1. The molecule has 2 rings (SSSR count). The highest BCUT2D eigenvalue weighted by atomic mass is 79.9. The molecular weight excluding hydrogens is 372 g/mol. The zero-order valence-corrected chi connectivity index (χ0v) is 15.2. The summed E-state index contributed by atoms with van der Waals surface area (Å²) < 4.78 is 11.3. The van der Waals surface area contributed by atoms with Crippen molar-refractivity contribution in [2.45, 2.75) is 12.8 Å². The van der Waals surface area contributed by atoms with Crippen LogP contribution in [-0.4, -0.2) is 26.3 Å². The van der Waals surface area contributed by atoms with E-state index in [-0.39, 0.29) is 5.91 Å². The third kappa shape index (κ3) is 5.09. The zero-order valence-electron chi connectivity index (χ0n) is 13.6. The van der Waals surface area contributed by atoms with Gasteiger partial charge in [0.05, 0.1) is 24.9 Å². The summed E-state index contributed by atoms with van der Waals surface area (Å²) in [6.45, 7) is 0. The smallest absolute Gasteiger partial charge is 0.240 e.